The maximum absolute atomic E-state index is 12.5. The van der Waals surface area contributed by atoms with E-state index in [9.17, 15) is 23.7 Å². The number of carbonyl (C=O) groups is 1. The Morgan fingerprint density at radius 2 is 2.19 bits per heavy atom. The van der Waals surface area contributed by atoms with Crippen LogP contribution in [0.3, 0.4) is 0 Å². The van der Waals surface area contributed by atoms with E-state index in [0.29, 0.717) is 0 Å². The topological polar surface area (TPSA) is 73.1 Å². The molecule has 1 aromatic heterocycles. The number of hydrogen-bond donors (Lipinski definition) is 0. The van der Waals surface area contributed by atoms with Crippen LogP contribution in [0, 0.1) is 13.8 Å². The Hall–Kier alpha value is -0.900. The number of pyridine rings is 1. The predicted molar refractivity (Wildman–Crippen MR) is 58.7 cm³/mol. The van der Waals surface area contributed by atoms with Crippen LogP contribution < -0.4 is 0 Å². The molecule has 0 bridgehead atoms. The summed E-state index contributed by atoms with van der Waals surface area (Å²) in [5.74, 6) is 0. The van der Waals surface area contributed by atoms with Crippen molar-refractivity contribution in [2.75, 3.05) is 0 Å². The molecule has 0 unspecified atom stereocenters. The molecule has 0 N–H and O–H groups in total. The van der Waals surface area contributed by atoms with Crippen molar-refractivity contribution in [1.82, 2.24) is 4.98 Å². The zero-order valence-corrected chi connectivity index (χ0v) is 10.2. The third kappa shape index (κ3) is 2.61. The summed E-state index contributed by atoms with van der Waals surface area (Å²) in [4.78, 5) is 23.8. The van der Waals surface area contributed by atoms with Crippen molar-refractivity contribution < 1.29 is 18.5 Å². The Morgan fingerprint density at radius 3 is 2.56 bits per heavy atom. The Bertz CT molecular complexity index is 469. The number of alkyl halides is 2. The molecule has 0 saturated carbocycles. The lowest BCUT2D eigenvalue weighted by molar-refractivity contribution is -0.386. The lowest BCUT2D eigenvalue weighted by atomic mass is 10.2. The van der Waals surface area contributed by atoms with Gasteiger partial charge in [0.25, 0.3) is 11.7 Å². The quantitative estimate of drug-likeness (QED) is 0.272. The van der Waals surface area contributed by atoms with E-state index in [1.807, 2.05) is 0 Å². The van der Waals surface area contributed by atoms with Crippen molar-refractivity contribution >= 4 is 45.1 Å². The molecule has 1 heterocycles. The van der Waals surface area contributed by atoms with E-state index in [0.717, 1.165) is 6.07 Å². The van der Waals surface area contributed by atoms with Gasteiger partial charge in [-0.3, -0.25) is 14.9 Å². The van der Waals surface area contributed by atoms with E-state index in [1.165, 1.54) is 0 Å². The number of carbonyl (C=O) groups excluding carboxylic acids is 1. The number of hydrogen-bond acceptors (Lipinski definition) is 4. The molecule has 0 aliphatic rings. The van der Waals surface area contributed by atoms with Crippen LogP contribution in [-0.4, -0.2) is 15.1 Å². The fourth-order valence-electron chi connectivity index (χ4n) is 1.02. The van der Waals surface area contributed by atoms with Crippen LogP contribution in [0.1, 0.15) is 22.5 Å². The Morgan fingerprint density at radius 1 is 1.62 bits per heavy atom. The van der Waals surface area contributed by atoms with Gasteiger partial charge in [-0.05, 0) is 40.3 Å². The van der Waals surface area contributed by atoms with Crippen molar-refractivity contribution in [3.8, 4) is 0 Å². The molecule has 0 aliphatic carbocycles. The molecule has 0 amide bonds. The monoisotopic (exact) mass is 362 g/mol. The van der Waals surface area contributed by atoms with Gasteiger partial charge in [-0.25, -0.2) is 13.8 Å². The van der Waals surface area contributed by atoms with Crippen LogP contribution in [-0.2, 0) is 0 Å². The van der Waals surface area contributed by atoms with Crippen molar-refractivity contribution in [2.24, 2.45) is 0 Å². The van der Waals surface area contributed by atoms with Crippen molar-refractivity contribution in [2.45, 2.75) is 6.43 Å². The number of rotatable bonds is 3. The molecule has 1 rings (SSSR count). The molecule has 0 aromatic carbocycles. The first kappa shape index (κ1) is 13.2. The summed E-state index contributed by atoms with van der Waals surface area (Å²) in [6, 6.07) is 0.840. The second kappa shape index (κ2) is 4.95. The second-order valence-electron chi connectivity index (χ2n) is 2.56. The van der Waals surface area contributed by atoms with Gasteiger partial charge in [0.1, 0.15) is 9.26 Å². The lowest BCUT2D eigenvalue weighted by Gasteiger charge is -2.04. The van der Waals surface area contributed by atoms with Gasteiger partial charge in [-0.1, -0.05) is 0 Å². The number of aromatic nitrogens is 1. The van der Waals surface area contributed by atoms with Gasteiger partial charge in [0, 0.05) is 0 Å². The highest BCUT2D eigenvalue weighted by molar-refractivity contribution is 14.1. The summed E-state index contributed by atoms with van der Waals surface area (Å²) in [6.45, 7) is 0. The molecule has 0 radical (unpaired) electrons. The van der Waals surface area contributed by atoms with Crippen molar-refractivity contribution in [3.63, 3.8) is 0 Å². The molecule has 0 fully saturated rings. The minimum Gasteiger partial charge on any atom is -0.274 e. The van der Waals surface area contributed by atoms with Crippen LogP contribution in [0.5, 0.6) is 0 Å². The van der Waals surface area contributed by atoms with E-state index in [4.69, 9.17) is 11.6 Å². The average Bonchev–Trinajstić information content (AvgIpc) is 2.15. The maximum Gasteiger partial charge on any atom is 0.308 e. The molecule has 0 atom stereocenters. The third-order valence-electron chi connectivity index (χ3n) is 1.59. The van der Waals surface area contributed by atoms with Gasteiger partial charge in [0.05, 0.1) is 4.92 Å². The zero-order valence-electron chi connectivity index (χ0n) is 7.29. The predicted octanol–water partition coefficient (Wildman–Crippen LogP) is 2.91. The minimum absolute atomic E-state index is 0.0301. The van der Waals surface area contributed by atoms with Crippen LogP contribution in [0.15, 0.2) is 6.07 Å². The van der Waals surface area contributed by atoms with Crippen LogP contribution in [0.4, 0.5) is 14.5 Å². The third-order valence-corrected chi connectivity index (χ3v) is 2.33. The van der Waals surface area contributed by atoms with Crippen LogP contribution in [0.2, 0.25) is 0 Å². The highest BCUT2D eigenvalue weighted by Crippen LogP contribution is 2.32. The van der Waals surface area contributed by atoms with E-state index < -0.39 is 33.5 Å². The molecule has 1 aromatic rings. The second-order valence-corrected chi connectivity index (χ2v) is 4.01. The van der Waals surface area contributed by atoms with Gasteiger partial charge in [-0.2, -0.15) is 0 Å². The Labute approximate surface area is 106 Å². The molecule has 0 aliphatic heterocycles. The highest BCUT2D eigenvalue weighted by Gasteiger charge is 2.30. The summed E-state index contributed by atoms with van der Waals surface area (Å²) in [6.07, 6.45) is -3.08. The summed E-state index contributed by atoms with van der Waals surface area (Å²) in [5.41, 5.74) is -2.68. The molecule has 86 valence electrons. The first-order valence-corrected chi connectivity index (χ1v) is 5.13. The lowest BCUT2D eigenvalue weighted by Crippen LogP contribution is -2.07. The largest absolute Gasteiger partial charge is 0.308 e. The Balaban J connectivity index is 3.60. The fraction of sp³-hybridized carbons (Fsp3) is 0.143. The summed E-state index contributed by atoms with van der Waals surface area (Å²) in [7, 11) is 0. The zero-order chi connectivity index (χ0) is 12.5. The van der Waals surface area contributed by atoms with E-state index >= 15 is 0 Å². The fourth-order valence-corrected chi connectivity index (χ4v) is 1.73. The smallest absolute Gasteiger partial charge is 0.274 e. The minimum atomic E-state index is -3.08. The van der Waals surface area contributed by atoms with Gasteiger partial charge < -0.3 is 0 Å². The summed E-state index contributed by atoms with van der Waals surface area (Å²) in [5, 5.41) is 9.34. The molecule has 9 heteroatoms. The standard InChI is InChI=1S/C7H2ClF2IN2O3/c8-6(14)4-5(13(15)16)2(7(9)10)1-3(11)12-4/h1,7H. The number of halogens is 4. The summed E-state index contributed by atoms with van der Waals surface area (Å²) >= 11 is 6.61. The van der Waals surface area contributed by atoms with Crippen LogP contribution in [0.25, 0.3) is 0 Å². The molecular formula is C7H2ClF2IN2O3. The maximum atomic E-state index is 12.5. The molecule has 5 nitrogen and oxygen atoms in total. The van der Waals surface area contributed by atoms with Gasteiger partial charge in [0.2, 0.25) is 5.69 Å². The SMILES string of the molecule is O=C(Cl)c1nc(I)cc(C(F)F)c1[N+](=O)[O-]. The van der Waals surface area contributed by atoms with E-state index in [2.05, 4.69) is 4.98 Å². The van der Waals surface area contributed by atoms with Gasteiger partial charge in [0.15, 0.2) is 0 Å². The molecule has 16 heavy (non-hydrogen) atoms. The van der Waals surface area contributed by atoms with Crippen molar-refractivity contribution in [3.05, 3.63) is 31.1 Å². The van der Waals surface area contributed by atoms with E-state index in [1.54, 1.807) is 22.6 Å². The molecule has 0 saturated heterocycles. The van der Waals surface area contributed by atoms with E-state index in [-0.39, 0.29) is 3.70 Å². The highest BCUT2D eigenvalue weighted by atomic mass is 127. The first-order valence-electron chi connectivity index (χ1n) is 3.67. The average molecular weight is 362 g/mol. The first-order chi connectivity index (χ1) is 7.34. The van der Waals surface area contributed by atoms with Crippen LogP contribution >= 0.6 is 34.2 Å². The Kier molecular flexibility index (Phi) is 4.08. The van der Waals surface area contributed by atoms with Gasteiger partial charge in [-0.15, -0.1) is 0 Å². The number of nitrogens with zero attached hydrogens (tertiary/aromatic N) is 2. The van der Waals surface area contributed by atoms with Crippen molar-refractivity contribution in [1.29, 1.82) is 0 Å². The normalized spacial score (nSPS) is 10.6. The van der Waals surface area contributed by atoms with Gasteiger partial charge >= 0.3 is 5.69 Å². The molecular weight excluding hydrogens is 360 g/mol. The number of nitro groups is 1. The molecule has 0 spiro atoms. The summed E-state index contributed by atoms with van der Waals surface area (Å²) < 4.78 is 25.1.